The third-order valence-electron chi connectivity index (χ3n) is 6.79. The van der Waals surface area contributed by atoms with Crippen LogP contribution in [0, 0.1) is 0 Å². The van der Waals surface area contributed by atoms with Crippen LogP contribution in [0.1, 0.15) is 48.9 Å². The molecule has 2 saturated heterocycles. The van der Waals surface area contributed by atoms with E-state index in [2.05, 4.69) is 4.72 Å². The van der Waals surface area contributed by atoms with Crippen molar-refractivity contribution in [3.63, 3.8) is 0 Å². The number of thioether (sulfide) groups is 1. The first kappa shape index (κ1) is 28.9. The highest BCUT2D eigenvalue weighted by Gasteiger charge is 2.26. The molecular formula is C26H35N3O6S3. The predicted octanol–water partition coefficient (Wildman–Crippen LogP) is 3.57. The highest BCUT2D eigenvalue weighted by atomic mass is 32.2. The van der Waals surface area contributed by atoms with Crippen LogP contribution in [0.4, 0.5) is 0 Å². The van der Waals surface area contributed by atoms with E-state index < -0.39 is 20.0 Å². The first-order valence-electron chi connectivity index (χ1n) is 12.9. The SMILES string of the molecule is CSc1ccc(S(=O)(=O)NCCOc2ccc(S(=O)(=O)N3CCCCC3)cc2)cc1C(=O)N1CCCCC1. The topological polar surface area (TPSA) is 113 Å². The third-order valence-corrected chi connectivity index (χ3v) is 11.0. The Morgan fingerprint density at radius 3 is 2.11 bits per heavy atom. The molecule has 2 fully saturated rings. The molecule has 0 aromatic heterocycles. The van der Waals surface area contributed by atoms with Gasteiger partial charge in [-0.3, -0.25) is 4.79 Å². The minimum Gasteiger partial charge on any atom is -0.492 e. The lowest BCUT2D eigenvalue weighted by atomic mass is 10.1. The molecule has 0 bridgehead atoms. The molecule has 2 aromatic rings. The number of nitrogens with one attached hydrogen (secondary N) is 1. The quantitative estimate of drug-likeness (QED) is 0.337. The van der Waals surface area contributed by atoms with E-state index in [-0.39, 0.29) is 28.8 Å². The van der Waals surface area contributed by atoms with E-state index in [0.717, 1.165) is 43.4 Å². The highest BCUT2D eigenvalue weighted by molar-refractivity contribution is 7.98. The number of hydrogen-bond donors (Lipinski definition) is 1. The van der Waals surface area contributed by atoms with Crippen LogP contribution in [0.2, 0.25) is 0 Å². The minimum atomic E-state index is -3.86. The molecule has 0 unspecified atom stereocenters. The maximum absolute atomic E-state index is 13.1. The fraction of sp³-hybridized carbons (Fsp3) is 0.500. The van der Waals surface area contributed by atoms with Gasteiger partial charge in [-0.15, -0.1) is 11.8 Å². The summed E-state index contributed by atoms with van der Waals surface area (Å²) in [6.07, 6.45) is 7.66. The Labute approximate surface area is 230 Å². The predicted molar refractivity (Wildman–Crippen MR) is 148 cm³/mol. The highest BCUT2D eigenvalue weighted by Crippen LogP contribution is 2.26. The molecule has 38 heavy (non-hydrogen) atoms. The number of likely N-dealkylation sites (tertiary alicyclic amines) is 1. The number of amides is 1. The van der Waals surface area contributed by atoms with Crippen molar-refractivity contribution in [2.75, 3.05) is 45.6 Å². The Balaban J connectivity index is 1.34. The monoisotopic (exact) mass is 581 g/mol. The van der Waals surface area contributed by atoms with E-state index >= 15 is 0 Å². The van der Waals surface area contributed by atoms with Gasteiger partial charge < -0.3 is 9.64 Å². The van der Waals surface area contributed by atoms with Crippen LogP contribution < -0.4 is 9.46 Å². The Morgan fingerprint density at radius 1 is 0.868 bits per heavy atom. The molecule has 0 saturated carbocycles. The number of sulfonamides is 2. The zero-order valence-corrected chi connectivity index (χ0v) is 24.0. The van der Waals surface area contributed by atoms with Crippen molar-refractivity contribution in [3.8, 4) is 5.75 Å². The van der Waals surface area contributed by atoms with Gasteiger partial charge in [-0.1, -0.05) is 6.42 Å². The van der Waals surface area contributed by atoms with Crippen LogP contribution in [-0.4, -0.2) is 77.5 Å². The summed E-state index contributed by atoms with van der Waals surface area (Å²) >= 11 is 1.41. The van der Waals surface area contributed by atoms with Gasteiger partial charge >= 0.3 is 0 Å². The van der Waals surface area contributed by atoms with Gasteiger partial charge in [0.1, 0.15) is 12.4 Å². The van der Waals surface area contributed by atoms with Gasteiger partial charge in [0, 0.05) is 37.6 Å². The van der Waals surface area contributed by atoms with Crippen LogP contribution >= 0.6 is 11.8 Å². The van der Waals surface area contributed by atoms with Crippen molar-refractivity contribution in [2.45, 2.75) is 53.2 Å². The zero-order valence-electron chi connectivity index (χ0n) is 21.6. The number of rotatable bonds is 10. The number of piperidine rings is 2. The van der Waals surface area contributed by atoms with E-state index in [4.69, 9.17) is 4.74 Å². The van der Waals surface area contributed by atoms with E-state index in [1.807, 2.05) is 6.26 Å². The molecule has 9 nitrogen and oxygen atoms in total. The largest absolute Gasteiger partial charge is 0.492 e. The average Bonchev–Trinajstić information content (AvgIpc) is 2.95. The van der Waals surface area contributed by atoms with Gasteiger partial charge in [-0.2, -0.15) is 4.31 Å². The van der Waals surface area contributed by atoms with Crippen LogP contribution in [-0.2, 0) is 20.0 Å². The fourth-order valence-corrected chi connectivity index (χ4v) is 7.81. The molecular weight excluding hydrogens is 547 g/mol. The van der Waals surface area contributed by atoms with Gasteiger partial charge in [0.25, 0.3) is 5.91 Å². The molecule has 4 rings (SSSR count). The molecule has 2 heterocycles. The van der Waals surface area contributed by atoms with Crippen molar-refractivity contribution in [1.82, 2.24) is 13.9 Å². The summed E-state index contributed by atoms with van der Waals surface area (Å²) in [5, 5.41) is 0. The van der Waals surface area contributed by atoms with Crippen molar-refractivity contribution in [1.29, 1.82) is 0 Å². The van der Waals surface area contributed by atoms with E-state index in [9.17, 15) is 21.6 Å². The van der Waals surface area contributed by atoms with Crippen LogP contribution in [0.25, 0.3) is 0 Å². The standard InChI is InChI=1S/C26H35N3O6S3/c1-36-25-13-12-23(20-24(25)26(30)28-15-4-2-5-16-28)37(31,32)27-14-19-35-21-8-10-22(11-9-21)38(33,34)29-17-6-3-7-18-29/h8-13,20,27H,2-7,14-19H2,1H3. The molecule has 1 N–H and O–H groups in total. The van der Waals surface area contributed by atoms with Crippen molar-refractivity contribution < 1.29 is 26.4 Å². The molecule has 0 radical (unpaired) electrons. The summed E-state index contributed by atoms with van der Waals surface area (Å²) < 4.78 is 61.1. The molecule has 0 spiro atoms. The Kier molecular flexibility index (Phi) is 9.74. The van der Waals surface area contributed by atoms with E-state index in [1.165, 1.54) is 40.3 Å². The summed E-state index contributed by atoms with van der Waals surface area (Å²) in [7, 11) is -7.38. The number of hydrogen-bond acceptors (Lipinski definition) is 7. The van der Waals surface area contributed by atoms with Crippen molar-refractivity contribution >= 4 is 37.7 Å². The summed E-state index contributed by atoms with van der Waals surface area (Å²) in [6, 6.07) is 10.8. The van der Waals surface area contributed by atoms with Gasteiger partial charge in [0.05, 0.1) is 15.4 Å². The molecule has 0 atom stereocenters. The maximum atomic E-state index is 13.1. The second kappa shape index (κ2) is 12.8. The van der Waals surface area contributed by atoms with Crippen molar-refractivity contribution in [2.24, 2.45) is 0 Å². The molecule has 2 aliphatic heterocycles. The zero-order chi connectivity index (χ0) is 27.2. The maximum Gasteiger partial charge on any atom is 0.255 e. The van der Waals surface area contributed by atoms with E-state index in [0.29, 0.717) is 37.5 Å². The van der Waals surface area contributed by atoms with Crippen LogP contribution in [0.3, 0.4) is 0 Å². The van der Waals surface area contributed by atoms with Gasteiger partial charge in [0.15, 0.2) is 0 Å². The number of ether oxygens (including phenoxy) is 1. The second-order valence-electron chi connectivity index (χ2n) is 9.40. The second-order valence-corrected chi connectivity index (χ2v) is 14.0. The summed E-state index contributed by atoms with van der Waals surface area (Å²) in [5.41, 5.74) is 0.401. The number of benzene rings is 2. The summed E-state index contributed by atoms with van der Waals surface area (Å²) in [4.78, 5) is 15.9. The molecule has 2 aliphatic rings. The Hall–Kier alpha value is -2.12. The molecule has 2 aromatic carbocycles. The van der Waals surface area contributed by atoms with Crippen LogP contribution in [0.5, 0.6) is 5.75 Å². The van der Waals surface area contributed by atoms with Gasteiger partial charge in [-0.05, 0) is 80.8 Å². The van der Waals surface area contributed by atoms with Crippen LogP contribution in [0.15, 0.2) is 57.2 Å². The van der Waals surface area contributed by atoms with Gasteiger partial charge in [-0.25, -0.2) is 21.6 Å². The smallest absolute Gasteiger partial charge is 0.255 e. The average molecular weight is 582 g/mol. The first-order chi connectivity index (χ1) is 18.2. The lowest BCUT2D eigenvalue weighted by Gasteiger charge is -2.27. The number of carbonyl (C=O) groups is 1. The molecule has 208 valence electrons. The third kappa shape index (κ3) is 6.90. The summed E-state index contributed by atoms with van der Waals surface area (Å²) in [6.45, 7) is 2.51. The number of nitrogens with zero attached hydrogens (tertiary/aromatic N) is 2. The van der Waals surface area contributed by atoms with E-state index in [1.54, 1.807) is 23.1 Å². The molecule has 12 heteroatoms. The normalized spacial score (nSPS) is 17.3. The van der Waals surface area contributed by atoms with Crippen molar-refractivity contribution in [3.05, 3.63) is 48.0 Å². The van der Waals surface area contributed by atoms with Gasteiger partial charge in [0.2, 0.25) is 20.0 Å². The lowest BCUT2D eigenvalue weighted by Crippen LogP contribution is -2.36. The lowest BCUT2D eigenvalue weighted by molar-refractivity contribution is 0.0720. The number of carbonyl (C=O) groups excluding carboxylic acids is 1. The molecule has 0 aliphatic carbocycles. The minimum absolute atomic E-state index is 0.00977. The Morgan fingerprint density at radius 2 is 1.47 bits per heavy atom. The molecule has 1 amide bonds. The summed E-state index contributed by atoms with van der Waals surface area (Å²) in [5.74, 6) is 0.306. The Bertz CT molecular complexity index is 1320. The first-order valence-corrected chi connectivity index (χ1v) is 17.1. The fourth-order valence-electron chi connectivity index (χ4n) is 4.68.